The summed E-state index contributed by atoms with van der Waals surface area (Å²) in [7, 11) is 1.59. The number of aliphatic carboxylic acids is 1. The summed E-state index contributed by atoms with van der Waals surface area (Å²) < 4.78 is 4.95. The zero-order chi connectivity index (χ0) is 12.9. The molecule has 0 heterocycles. The first-order chi connectivity index (χ1) is 8.00. The number of rotatable bonds is 6. The van der Waals surface area contributed by atoms with Crippen molar-refractivity contribution in [1.82, 2.24) is 5.32 Å². The fourth-order valence-corrected chi connectivity index (χ4v) is 2.35. The third-order valence-corrected chi connectivity index (χ3v) is 3.23. The van der Waals surface area contributed by atoms with E-state index in [1.165, 1.54) is 0 Å². The molecule has 1 aliphatic rings. The lowest BCUT2D eigenvalue weighted by atomic mass is 9.97. The largest absolute Gasteiger partial charge is 0.480 e. The second-order valence-electron chi connectivity index (χ2n) is 4.91. The van der Waals surface area contributed by atoms with Crippen LogP contribution in [0.5, 0.6) is 0 Å². The Kier molecular flexibility index (Phi) is 4.93. The average Bonchev–Trinajstić information content (AvgIpc) is 2.67. The molecular weight excluding hydrogens is 222 g/mol. The minimum Gasteiger partial charge on any atom is -0.480 e. The summed E-state index contributed by atoms with van der Waals surface area (Å²) >= 11 is 0. The molecule has 1 amide bonds. The first-order valence-electron chi connectivity index (χ1n) is 6.03. The van der Waals surface area contributed by atoms with Gasteiger partial charge in [-0.2, -0.15) is 0 Å². The molecular formula is C12H21NO4. The van der Waals surface area contributed by atoms with E-state index in [2.05, 4.69) is 5.32 Å². The quantitative estimate of drug-likeness (QED) is 0.734. The van der Waals surface area contributed by atoms with Crippen LogP contribution in [0.4, 0.5) is 0 Å². The molecule has 1 saturated carbocycles. The number of ether oxygens (including phenoxy) is 1. The number of carbonyl (C=O) groups is 2. The number of carboxylic acid groups (broad SMARTS) is 1. The van der Waals surface area contributed by atoms with Crippen molar-refractivity contribution < 1.29 is 19.4 Å². The van der Waals surface area contributed by atoms with Gasteiger partial charge in [-0.15, -0.1) is 0 Å². The van der Waals surface area contributed by atoms with Crippen LogP contribution in [-0.4, -0.2) is 36.2 Å². The van der Waals surface area contributed by atoms with Crippen LogP contribution in [0.3, 0.4) is 0 Å². The molecule has 1 fully saturated rings. The molecule has 98 valence electrons. The molecule has 1 atom stereocenters. The van der Waals surface area contributed by atoms with Crippen LogP contribution in [0.1, 0.15) is 39.0 Å². The molecule has 1 unspecified atom stereocenters. The Hall–Kier alpha value is -1.10. The number of carbonyl (C=O) groups excluding carboxylic acids is 1. The van der Waals surface area contributed by atoms with Crippen LogP contribution in [0.25, 0.3) is 0 Å². The van der Waals surface area contributed by atoms with Gasteiger partial charge in [0.05, 0.1) is 0 Å². The van der Waals surface area contributed by atoms with Crippen molar-refractivity contribution in [3.63, 3.8) is 0 Å². The summed E-state index contributed by atoms with van der Waals surface area (Å²) in [6, 6.07) is 0. The summed E-state index contributed by atoms with van der Waals surface area (Å²) in [5.74, 6) is -1.01. The van der Waals surface area contributed by atoms with Gasteiger partial charge < -0.3 is 15.2 Å². The highest BCUT2D eigenvalue weighted by molar-refractivity contribution is 5.87. The van der Waals surface area contributed by atoms with Gasteiger partial charge in [0, 0.05) is 20.1 Å². The molecule has 0 aliphatic heterocycles. The van der Waals surface area contributed by atoms with Crippen molar-refractivity contribution in [2.75, 3.05) is 13.7 Å². The number of amides is 1. The van der Waals surface area contributed by atoms with Crippen LogP contribution >= 0.6 is 0 Å². The fourth-order valence-electron chi connectivity index (χ4n) is 2.35. The van der Waals surface area contributed by atoms with Crippen molar-refractivity contribution >= 4 is 11.9 Å². The first kappa shape index (κ1) is 14.0. The Morgan fingerprint density at radius 3 is 2.47 bits per heavy atom. The topological polar surface area (TPSA) is 75.6 Å². The highest BCUT2D eigenvalue weighted by Gasteiger charge is 2.42. The Bertz CT molecular complexity index is 284. The van der Waals surface area contributed by atoms with Crippen molar-refractivity contribution in [3.05, 3.63) is 0 Å². The molecule has 0 aromatic carbocycles. The van der Waals surface area contributed by atoms with E-state index in [9.17, 15) is 14.7 Å². The number of hydrogen-bond acceptors (Lipinski definition) is 3. The van der Waals surface area contributed by atoms with E-state index in [-0.39, 0.29) is 11.8 Å². The van der Waals surface area contributed by atoms with E-state index in [0.717, 1.165) is 12.8 Å². The maximum atomic E-state index is 11.8. The van der Waals surface area contributed by atoms with Gasteiger partial charge in [0.15, 0.2) is 0 Å². The molecule has 0 aromatic heterocycles. The van der Waals surface area contributed by atoms with E-state index in [0.29, 0.717) is 25.9 Å². The van der Waals surface area contributed by atoms with Gasteiger partial charge in [0.2, 0.25) is 5.91 Å². The van der Waals surface area contributed by atoms with Gasteiger partial charge in [0.25, 0.3) is 0 Å². The van der Waals surface area contributed by atoms with Crippen molar-refractivity contribution in [2.24, 2.45) is 5.92 Å². The second-order valence-corrected chi connectivity index (χ2v) is 4.91. The van der Waals surface area contributed by atoms with Gasteiger partial charge in [-0.25, -0.2) is 4.79 Å². The van der Waals surface area contributed by atoms with Crippen LogP contribution in [0.15, 0.2) is 0 Å². The smallest absolute Gasteiger partial charge is 0.329 e. The molecule has 0 saturated heterocycles. The molecule has 5 nitrogen and oxygen atoms in total. The predicted molar refractivity (Wildman–Crippen MR) is 62.6 cm³/mol. The molecule has 0 spiro atoms. The van der Waals surface area contributed by atoms with Gasteiger partial charge >= 0.3 is 5.97 Å². The van der Waals surface area contributed by atoms with Crippen LogP contribution in [0, 0.1) is 5.92 Å². The van der Waals surface area contributed by atoms with E-state index < -0.39 is 11.5 Å². The van der Waals surface area contributed by atoms with Gasteiger partial charge in [-0.3, -0.25) is 4.79 Å². The monoisotopic (exact) mass is 243 g/mol. The van der Waals surface area contributed by atoms with Gasteiger partial charge in [-0.1, -0.05) is 19.8 Å². The Morgan fingerprint density at radius 1 is 1.41 bits per heavy atom. The molecule has 0 aromatic rings. The number of carboxylic acids is 1. The van der Waals surface area contributed by atoms with Crippen molar-refractivity contribution in [3.8, 4) is 0 Å². The van der Waals surface area contributed by atoms with E-state index in [1.807, 2.05) is 6.92 Å². The third-order valence-electron chi connectivity index (χ3n) is 3.23. The number of hydrogen-bond donors (Lipinski definition) is 2. The summed E-state index contributed by atoms with van der Waals surface area (Å²) in [4.78, 5) is 23.0. The molecule has 1 aliphatic carbocycles. The third kappa shape index (κ3) is 3.70. The van der Waals surface area contributed by atoms with Crippen LogP contribution in [-0.2, 0) is 14.3 Å². The van der Waals surface area contributed by atoms with E-state index in [1.54, 1.807) is 7.11 Å². The maximum absolute atomic E-state index is 11.8. The number of nitrogens with one attached hydrogen (secondary N) is 1. The second kappa shape index (κ2) is 6.00. The highest BCUT2D eigenvalue weighted by atomic mass is 16.5. The molecule has 0 radical (unpaired) electrons. The molecule has 2 N–H and O–H groups in total. The SMILES string of the molecule is COCC(C)CC(=O)NC1(C(=O)O)CCCC1. The minimum atomic E-state index is -1.02. The summed E-state index contributed by atoms with van der Waals surface area (Å²) in [6.07, 6.45) is 3.10. The van der Waals surface area contributed by atoms with E-state index in [4.69, 9.17) is 4.74 Å². The average molecular weight is 243 g/mol. The van der Waals surface area contributed by atoms with E-state index >= 15 is 0 Å². The Morgan fingerprint density at radius 2 is 2.00 bits per heavy atom. The Balaban J connectivity index is 2.51. The summed E-state index contributed by atoms with van der Waals surface area (Å²) in [6.45, 7) is 2.42. The lowest BCUT2D eigenvalue weighted by Gasteiger charge is -2.26. The van der Waals surface area contributed by atoms with Crippen molar-refractivity contribution in [1.29, 1.82) is 0 Å². The normalized spacial score (nSPS) is 19.9. The van der Waals surface area contributed by atoms with Crippen LogP contribution in [0.2, 0.25) is 0 Å². The van der Waals surface area contributed by atoms with Crippen molar-refractivity contribution in [2.45, 2.75) is 44.6 Å². The zero-order valence-electron chi connectivity index (χ0n) is 10.5. The maximum Gasteiger partial charge on any atom is 0.329 e. The van der Waals surface area contributed by atoms with Crippen LogP contribution < -0.4 is 5.32 Å². The molecule has 1 rings (SSSR count). The predicted octanol–water partition coefficient (Wildman–Crippen LogP) is 1.17. The number of methoxy groups -OCH3 is 1. The lowest BCUT2D eigenvalue weighted by Crippen LogP contribution is -2.52. The van der Waals surface area contributed by atoms with Gasteiger partial charge in [-0.05, 0) is 18.8 Å². The minimum absolute atomic E-state index is 0.104. The standard InChI is InChI=1S/C12H21NO4/c1-9(8-17-2)7-10(14)13-12(11(15)16)5-3-4-6-12/h9H,3-8H2,1-2H3,(H,13,14)(H,15,16). The molecule has 17 heavy (non-hydrogen) atoms. The Labute approximate surface area is 102 Å². The van der Waals surface area contributed by atoms with Gasteiger partial charge in [0.1, 0.15) is 5.54 Å². The first-order valence-corrected chi connectivity index (χ1v) is 6.03. The fraction of sp³-hybridized carbons (Fsp3) is 0.833. The lowest BCUT2D eigenvalue weighted by molar-refractivity contribution is -0.147. The summed E-state index contributed by atoms with van der Waals surface area (Å²) in [5.41, 5.74) is -1.02. The molecule has 5 heteroatoms. The highest BCUT2D eigenvalue weighted by Crippen LogP contribution is 2.30. The zero-order valence-corrected chi connectivity index (χ0v) is 10.5. The molecule has 0 bridgehead atoms. The summed E-state index contributed by atoms with van der Waals surface area (Å²) in [5, 5.41) is 11.9.